The van der Waals surface area contributed by atoms with Crippen molar-refractivity contribution >= 4 is 40.9 Å². The molecule has 1 aromatic rings. The van der Waals surface area contributed by atoms with Crippen LogP contribution in [0.25, 0.3) is 0 Å². The summed E-state index contributed by atoms with van der Waals surface area (Å²) in [6.45, 7) is 0. The SMILES string of the molecule is Nc1nc(N)nc(N)n1.[MgH2]. The second-order valence-corrected chi connectivity index (χ2v) is 1.41. The van der Waals surface area contributed by atoms with Gasteiger partial charge in [0.2, 0.25) is 17.8 Å². The fourth-order valence-electron chi connectivity index (χ4n) is 0.427. The molecular formula is C3H8MgN6. The van der Waals surface area contributed by atoms with Crippen molar-refractivity contribution in [2.45, 2.75) is 0 Å². The largest absolute Gasteiger partial charge is 0.368 e. The van der Waals surface area contributed by atoms with Crippen LogP contribution in [0.2, 0.25) is 0 Å². The molecule has 0 fully saturated rings. The Kier molecular flexibility index (Phi) is 3.09. The lowest BCUT2D eigenvalue weighted by Gasteiger charge is -1.93. The monoisotopic (exact) mass is 152 g/mol. The van der Waals surface area contributed by atoms with Crippen LogP contribution in [0.5, 0.6) is 0 Å². The van der Waals surface area contributed by atoms with Crippen molar-refractivity contribution < 1.29 is 0 Å². The maximum absolute atomic E-state index is 5.14. The first-order valence-electron chi connectivity index (χ1n) is 2.21. The van der Waals surface area contributed by atoms with Gasteiger partial charge in [-0.2, -0.15) is 15.0 Å². The average molecular weight is 152 g/mol. The topological polar surface area (TPSA) is 117 Å². The molecule has 6 N–H and O–H groups in total. The van der Waals surface area contributed by atoms with Gasteiger partial charge in [-0.05, 0) is 0 Å². The van der Waals surface area contributed by atoms with E-state index >= 15 is 0 Å². The number of nitrogens with two attached hydrogens (primary N) is 3. The minimum atomic E-state index is 0. The third kappa shape index (κ3) is 2.19. The fraction of sp³-hybridized carbons (Fsp3) is 0. The van der Waals surface area contributed by atoms with E-state index in [-0.39, 0.29) is 40.9 Å². The molecular weight excluding hydrogens is 144 g/mol. The number of hydrogen-bond donors (Lipinski definition) is 3. The molecule has 0 aliphatic rings. The van der Waals surface area contributed by atoms with Gasteiger partial charge in [0.1, 0.15) is 0 Å². The molecule has 10 heavy (non-hydrogen) atoms. The Labute approximate surface area is 73.4 Å². The van der Waals surface area contributed by atoms with E-state index in [4.69, 9.17) is 17.2 Å². The molecule has 0 amide bonds. The second kappa shape index (κ2) is 3.37. The summed E-state index contributed by atoms with van der Waals surface area (Å²) in [7, 11) is 0. The van der Waals surface area contributed by atoms with Crippen LogP contribution in [0, 0.1) is 0 Å². The predicted octanol–water partition coefficient (Wildman–Crippen LogP) is -2.30. The molecule has 1 rings (SSSR count). The molecule has 0 unspecified atom stereocenters. The second-order valence-electron chi connectivity index (χ2n) is 1.41. The fourth-order valence-corrected chi connectivity index (χ4v) is 0.427. The van der Waals surface area contributed by atoms with E-state index in [2.05, 4.69) is 15.0 Å². The zero-order chi connectivity index (χ0) is 6.85. The Bertz CT molecular complexity index is 174. The Balaban J connectivity index is 0.000000810. The van der Waals surface area contributed by atoms with Gasteiger partial charge in [-0.25, -0.2) is 0 Å². The standard InChI is InChI=1S/C3H6N6.Mg.2H/c4-1-7-2(5)9-3(6)8-1;;;/h(H6,4,5,6,7,8,9);;;. The molecule has 0 aliphatic carbocycles. The first kappa shape index (κ1) is 9.18. The van der Waals surface area contributed by atoms with Gasteiger partial charge in [-0.3, -0.25) is 0 Å². The number of aromatic nitrogens is 3. The molecule has 6 nitrogen and oxygen atoms in total. The highest BCUT2D eigenvalue weighted by Crippen LogP contribution is 1.97. The molecule has 0 aliphatic heterocycles. The Morgan fingerprint density at radius 3 is 1.10 bits per heavy atom. The van der Waals surface area contributed by atoms with Gasteiger partial charge < -0.3 is 17.2 Å². The van der Waals surface area contributed by atoms with Gasteiger partial charge in [-0.15, -0.1) is 0 Å². The van der Waals surface area contributed by atoms with Crippen molar-refractivity contribution in [3.05, 3.63) is 0 Å². The zero-order valence-corrected chi connectivity index (χ0v) is 4.57. The van der Waals surface area contributed by atoms with Crippen LogP contribution >= 0.6 is 0 Å². The Morgan fingerprint density at radius 1 is 0.700 bits per heavy atom. The van der Waals surface area contributed by atoms with Crippen LogP contribution in [0.15, 0.2) is 0 Å². The third-order valence-corrected chi connectivity index (χ3v) is 0.687. The number of anilines is 3. The first-order chi connectivity index (χ1) is 4.18. The van der Waals surface area contributed by atoms with Crippen molar-refractivity contribution in [2.24, 2.45) is 0 Å². The summed E-state index contributed by atoms with van der Waals surface area (Å²) in [5, 5.41) is 0. The Morgan fingerprint density at radius 2 is 0.900 bits per heavy atom. The highest BCUT2D eigenvalue weighted by molar-refractivity contribution is 5.75. The molecule has 0 saturated carbocycles. The van der Waals surface area contributed by atoms with Crippen LogP contribution in [-0.4, -0.2) is 38.0 Å². The van der Waals surface area contributed by atoms with Crippen molar-refractivity contribution in [2.75, 3.05) is 17.2 Å². The molecule has 1 aromatic heterocycles. The molecule has 0 spiro atoms. The quantitative estimate of drug-likeness (QED) is 0.360. The maximum Gasteiger partial charge on any atom is 0.316 e. The van der Waals surface area contributed by atoms with Gasteiger partial charge in [0.05, 0.1) is 0 Å². The minimum absolute atomic E-state index is 0. The summed E-state index contributed by atoms with van der Waals surface area (Å²) in [6, 6.07) is 0. The molecule has 0 aromatic carbocycles. The van der Waals surface area contributed by atoms with E-state index in [0.717, 1.165) is 0 Å². The summed E-state index contributed by atoms with van der Waals surface area (Å²) in [6.07, 6.45) is 0. The lowest BCUT2D eigenvalue weighted by molar-refractivity contribution is 1.09. The predicted molar refractivity (Wildman–Crippen MR) is 41.6 cm³/mol. The van der Waals surface area contributed by atoms with Gasteiger partial charge in [0, 0.05) is 0 Å². The van der Waals surface area contributed by atoms with Crippen LogP contribution in [-0.2, 0) is 0 Å². The first-order valence-corrected chi connectivity index (χ1v) is 2.21. The normalized spacial score (nSPS) is 8.40. The van der Waals surface area contributed by atoms with Crippen molar-refractivity contribution in [1.82, 2.24) is 15.0 Å². The number of nitrogens with zero attached hydrogens (tertiary/aromatic N) is 3. The van der Waals surface area contributed by atoms with Crippen molar-refractivity contribution in [3.8, 4) is 0 Å². The molecule has 52 valence electrons. The molecule has 1 heterocycles. The van der Waals surface area contributed by atoms with Crippen molar-refractivity contribution in [1.29, 1.82) is 0 Å². The van der Waals surface area contributed by atoms with E-state index in [1.54, 1.807) is 0 Å². The molecule has 0 bridgehead atoms. The van der Waals surface area contributed by atoms with Crippen LogP contribution in [0.4, 0.5) is 17.8 Å². The zero-order valence-electron chi connectivity index (χ0n) is 4.57. The maximum atomic E-state index is 5.14. The van der Waals surface area contributed by atoms with Gasteiger partial charge in [-0.1, -0.05) is 0 Å². The van der Waals surface area contributed by atoms with Crippen LogP contribution in [0.1, 0.15) is 0 Å². The molecule has 7 heteroatoms. The van der Waals surface area contributed by atoms with Gasteiger partial charge >= 0.3 is 23.1 Å². The summed E-state index contributed by atoms with van der Waals surface area (Å²) >= 11 is 0. The van der Waals surface area contributed by atoms with E-state index < -0.39 is 0 Å². The summed E-state index contributed by atoms with van der Waals surface area (Å²) < 4.78 is 0. The molecule has 0 saturated heterocycles. The lowest BCUT2D eigenvalue weighted by Crippen LogP contribution is -2.05. The highest BCUT2D eigenvalue weighted by Gasteiger charge is 1.93. The minimum Gasteiger partial charge on any atom is -0.368 e. The smallest absolute Gasteiger partial charge is 0.316 e. The highest BCUT2D eigenvalue weighted by atomic mass is 24.3. The number of hydrogen-bond acceptors (Lipinski definition) is 6. The summed E-state index contributed by atoms with van der Waals surface area (Å²) in [5.74, 6) is 0.125. The van der Waals surface area contributed by atoms with Crippen LogP contribution in [0.3, 0.4) is 0 Å². The van der Waals surface area contributed by atoms with Gasteiger partial charge in [0.25, 0.3) is 0 Å². The number of rotatable bonds is 0. The third-order valence-electron chi connectivity index (χ3n) is 0.687. The van der Waals surface area contributed by atoms with Crippen LogP contribution < -0.4 is 17.2 Å². The average Bonchev–Trinajstić information content (AvgIpc) is 1.59. The van der Waals surface area contributed by atoms with E-state index in [9.17, 15) is 0 Å². The lowest BCUT2D eigenvalue weighted by atomic mass is 10.9. The molecule has 0 atom stereocenters. The van der Waals surface area contributed by atoms with Crippen molar-refractivity contribution in [3.63, 3.8) is 0 Å². The molecule has 0 radical (unpaired) electrons. The van der Waals surface area contributed by atoms with E-state index in [1.807, 2.05) is 0 Å². The van der Waals surface area contributed by atoms with Gasteiger partial charge in [0.15, 0.2) is 0 Å². The van der Waals surface area contributed by atoms with E-state index in [1.165, 1.54) is 0 Å². The Hall–Kier alpha value is -0.824. The summed E-state index contributed by atoms with van der Waals surface area (Å²) in [5.41, 5.74) is 15.4. The van der Waals surface area contributed by atoms with E-state index in [0.29, 0.717) is 0 Å². The number of nitrogen functional groups attached to an aromatic ring is 3. The summed E-state index contributed by atoms with van der Waals surface area (Å²) in [4.78, 5) is 10.5.